The second-order valence-corrected chi connectivity index (χ2v) is 5.68. The summed E-state index contributed by atoms with van der Waals surface area (Å²) in [7, 11) is 0. The van der Waals surface area contributed by atoms with E-state index in [0.29, 0.717) is 6.61 Å². The molecule has 0 amide bonds. The zero-order valence-electron chi connectivity index (χ0n) is 12.7. The molecule has 1 saturated heterocycles. The molecule has 1 fully saturated rings. The first kappa shape index (κ1) is 14.8. The zero-order valence-corrected chi connectivity index (χ0v) is 12.7. The number of nitrogens with zero attached hydrogens (tertiary/aromatic N) is 2. The van der Waals surface area contributed by atoms with Gasteiger partial charge in [0.05, 0.1) is 18.9 Å². The third-order valence-electron chi connectivity index (χ3n) is 4.16. The number of benzene rings is 1. The van der Waals surface area contributed by atoms with Crippen molar-refractivity contribution in [2.75, 3.05) is 13.2 Å². The molecule has 22 heavy (non-hydrogen) atoms. The van der Waals surface area contributed by atoms with Gasteiger partial charge in [-0.05, 0) is 44.0 Å². The van der Waals surface area contributed by atoms with Gasteiger partial charge in [-0.2, -0.15) is 0 Å². The van der Waals surface area contributed by atoms with E-state index in [1.807, 2.05) is 10.8 Å². The van der Waals surface area contributed by atoms with Gasteiger partial charge in [-0.3, -0.25) is 4.79 Å². The highest BCUT2D eigenvalue weighted by Gasteiger charge is 2.25. The van der Waals surface area contributed by atoms with Crippen molar-refractivity contribution in [3.63, 3.8) is 0 Å². The van der Waals surface area contributed by atoms with E-state index in [9.17, 15) is 4.79 Å². The highest BCUT2D eigenvalue weighted by atomic mass is 16.5. The Bertz CT molecular complexity index is 625. The third-order valence-corrected chi connectivity index (χ3v) is 4.16. The zero-order chi connectivity index (χ0) is 15.4. The number of nitrogens with one attached hydrogen (secondary N) is 1. The van der Waals surface area contributed by atoms with Crippen LogP contribution in [0.5, 0.6) is 0 Å². The third kappa shape index (κ3) is 3.36. The van der Waals surface area contributed by atoms with Gasteiger partial charge in [0.15, 0.2) is 0 Å². The number of carbonyl (C=O) groups excluding carboxylic acids is 1. The maximum absolute atomic E-state index is 11.4. The molecule has 2 aromatic rings. The van der Waals surface area contributed by atoms with Crippen molar-refractivity contribution in [1.82, 2.24) is 14.9 Å². The maximum atomic E-state index is 11.4. The van der Waals surface area contributed by atoms with Gasteiger partial charge in [0.1, 0.15) is 0 Å². The summed E-state index contributed by atoms with van der Waals surface area (Å²) in [4.78, 5) is 15.5. The van der Waals surface area contributed by atoms with Crippen LogP contribution in [-0.4, -0.2) is 28.7 Å². The second-order valence-electron chi connectivity index (χ2n) is 5.68. The van der Waals surface area contributed by atoms with Gasteiger partial charge in [-0.25, -0.2) is 4.98 Å². The Balaban J connectivity index is 1.57. The first-order chi connectivity index (χ1) is 10.7. The average molecular weight is 299 g/mol. The normalized spacial score (nSPS) is 19.1. The minimum absolute atomic E-state index is 0.0449. The topological polar surface area (TPSA) is 56.1 Å². The van der Waals surface area contributed by atoms with E-state index >= 15 is 0 Å². The summed E-state index contributed by atoms with van der Waals surface area (Å²) < 4.78 is 6.98. The predicted molar refractivity (Wildman–Crippen MR) is 83.7 cm³/mol. The van der Waals surface area contributed by atoms with Crippen LogP contribution in [0, 0.1) is 5.92 Å². The fourth-order valence-corrected chi connectivity index (χ4v) is 2.76. The molecule has 5 heteroatoms. The van der Waals surface area contributed by atoms with Crippen molar-refractivity contribution >= 4 is 5.97 Å². The number of carbonyl (C=O) groups is 1. The first-order valence-corrected chi connectivity index (χ1v) is 7.72. The maximum Gasteiger partial charge on any atom is 0.309 e. The molecule has 3 rings (SSSR count). The van der Waals surface area contributed by atoms with Crippen LogP contribution in [0.25, 0.3) is 5.69 Å². The molecule has 0 bridgehead atoms. The van der Waals surface area contributed by atoms with Crippen LogP contribution >= 0.6 is 0 Å². The fourth-order valence-electron chi connectivity index (χ4n) is 2.76. The molecule has 0 radical (unpaired) electrons. The molecule has 5 nitrogen and oxygen atoms in total. The Morgan fingerprint density at radius 2 is 2.41 bits per heavy atom. The van der Waals surface area contributed by atoms with Gasteiger partial charge in [-0.1, -0.05) is 12.1 Å². The summed E-state index contributed by atoms with van der Waals surface area (Å²) >= 11 is 0. The molecule has 0 aliphatic carbocycles. The number of rotatable bonds is 6. The van der Waals surface area contributed by atoms with Crippen LogP contribution in [0.4, 0.5) is 0 Å². The van der Waals surface area contributed by atoms with Crippen LogP contribution in [0.3, 0.4) is 0 Å². The number of hydrogen-bond acceptors (Lipinski definition) is 4. The minimum Gasteiger partial charge on any atom is -0.465 e. The predicted octanol–water partition coefficient (Wildman–Crippen LogP) is 2.48. The van der Waals surface area contributed by atoms with Gasteiger partial charge in [-0.15, -0.1) is 0 Å². The van der Waals surface area contributed by atoms with E-state index in [1.165, 1.54) is 5.56 Å². The second kappa shape index (κ2) is 6.75. The molecule has 0 saturated carbocycles. The largest absolute Gasteiger partial charge is 0.465 e. The lowest BCUT2D eigenvalue weighted by Crippen LogP contribution is -2.23. The summed E-state index contributed by atoms with van der Waals surface area (Å²) in [6, 6.07) is 8.62. The number of ether oxygens (including phenoxy) is 1. The number of esters is 1. The molecular formula is C17H21N3O2. The average Bonchev–Trinajstić information content (AvgIpc) is 3.20. The molecule has 2 heterocycles. The Kier molecular flexibility index (Phi) is 4.53. The molecule has 1 aliphatic rings. The van der Waals surface area contributed by atoms with E-state index in [2.05, 4.69) is 41.5 Å². The fraction of sp³-hybridized carbons (Fsp3) is 0.412. The summed E-state index contributed by atoms with van der Waals surface area (Å²) in [5.74, 6) is 0.0218. The van der Waals surface area contributed by atoms with Crippen molar-refractivity contribution in [2.24, 2.45) is 5.92 Å². The molecule has 1 aromatic heterocycles. The van der Waals surface area contributed by atoms with Crippen molar-refractivity contribution < 1.29 is 9.53 Å². The van der Waals surface area contributed by atoms with E-state index < -0.39 is 0 Å². The van der Waals surface area contributed by atoms with Gasteiger partial charge >= 0.3 is 5.97 Å². The number of imidazole rings is 1. The van der Waals surface area contributed by atoms with Crippen LogP contribution < -0.4 is 5.32 Å². The SMILES string of the molecule is CC(NCCC1CCOC1=O)c1cccc(-n2ccnc2)c1. The Morgan fingerprint density at radius 3 is 3.14 bits per heavy atom. The standard InChI is InChI=1S/C17H21N3O2/c1-13(19-7-5-14-6-10-22-17(14)21)15-3-2-4-16(11-15)20-9-8-18-12-20/h2-4,8-9,11-14,19H,5-7,10H2,1H3. The molecule has 0 spiro atoms. The van der Waals surface area contributed by atoms with E-state index in [0.717, 1.165) is 25.1 Å². The van der Waals surface area contributed by atoms with Crippen molar-refractivity contribution in [2.45, 2.75) is 25.8 Å². The number of cyclic esters (lactones) is 1. The smallest absolute Gasteiger partial charge is 0.309 e. The minimum atomic E-state index is -0.0449. The molecule has 1 aromatic carbocycles. The highest BCUT2D eigenvalue weighted by molar-refractivity contribution is 5.74. The van der Waals surface area contributed by atoms with Crippen LogP contribution in [-0.2, 0) is 9.53 Å². The molecule has 1 N–H and O–H groups in total. The van der Waals surface area contributed by atoms with E-state index in [-0.39, 0.29) is 17.9 Å². The summed E-state index contributed by atoms with van der Waals surface area (Å²) in [5, 5.41) is 3.49. The highest BCUT2D eigenvalue weighted by Crippen LogP contribution is 2.19. The Labute approximate surface area is 130 Å². The molecular weight excluding hydrogens is 278 g/mol. The molecule has 1 aliphatic heterocycles. The number of aromatic nitrogens is 2. The summed E-state index contributed by atoms with van der Waals surface area (Å²) in [6.45, 7) is 3.53. The summed E-state index contributed by atoms with van der Waals surface area (Å²) in [5.41, 5.74) is 2.32. The van der Waals surface area contributed by atoms with Crippen molar-refractivity contribution in [3.05, 3.63) is 48.5 Å². The van der Waals surface area contributed by atoms with Crippen molar-refractivity contribution in [3.8, 4) is 5.69 Å². The van der Waals surface area contributed by atoms with Crippen LogP contribution in [0.1, 0.15) is 31.4 Å². The van der Waals surface area contributed by atoms with Crippen molar-refractivity contribution in [1.29, 1.82) is 0 Å². The Morgan fingerprint density at radius 1 is 1.50 bits per heavy atom. The van der Waals surface area contributed by atoms with Gasteiger partial charge in [0.25, 0.3) is 0 Å². The van der Waals surface area contributed by atoms with Crippen LogP contribution in [0.2, 0.25) is 0 Å². The van der Waals surface area contributed by atoms with E-state index in [4.69, 9.17) is 4.74 Å². The Hall–Kier alpha value is -2.14. The quantitative estimate of drug-likeness (QED) is 0.833. The summed E-state index contributed by atoms with van der Waals surface area (Å²) in [6.07, 6.45) is 7.19. The van der Waals surface area contributed by atoms with Gasteiger partial charge in [0.2, 0.25) is 0 Å². The molecule has 116 valence electrons. The lowest BCUT2D eigenvalue weighted by molar-refractivity contribution is -0.141. The lowest BCUT2D eigenvalue weighted by Gasteiger charge is -2.16. The monoisotopic (exact) mass is 299 g/mol. The van der Waals surface area contributed by atoms with Gasteiger partial charge in [0, 0.05) is 24.1 Å². The molecule has 2 unspecified atom stereocenters. The first-order valence-electron chi connectivity index (χ1n) is 7.72. The van der Waals surface area contributed by atoms with Crippen LogP contribution in [0.15, 0.2) is 43.0 Å². The lowest BCUT2D eigenvalue weighted by atomic mass is 10.0. The van der Waals surface area contributed by atoms with Gasteiger partial charge < -0.3 is 14.6 Å². The van der Waals surface area contributed by atoms with E-state index in [1.54, 1.807) is 12.5 Å². The molecule has 2 atom stereocenters. The number of hydrogen-bond donors (Lipinski definition) is 1.